The third-order valence-corrected chi connectivity index (χ3v) is 4.62. The van der Waals surface area contributed by atoms with Gasteiger partial charge in [-0.05, 0) is 51.4 Å². The van der Waals surface area contributed by atoms with Gasteiger partial charge in [0.2, 0.25) is 0 Å². The zero-order chi connectivity index (χ0) is 14.1. The van der Waals surface area contributed by atoms with Crippen molar-refractivity contribution in [1.29, 1.82) is 0 Å². The van der Waals surface area contributed by atoms with E-state index in [0.29, 0.717) is 11.0 Å². The molecular weight excluding hydrogens is 268 g/mol. The van der Waals surface area contributed by atoms with Gasteiger partial charge in [0, 0.05) is 24.8 Å². The highest BCUT2D eigenvalue weighted by atomic mass is 32.1. The Morgan fingerprint density at radius 2 is 2.05 bits per heavy atom. The number of hydrogen-bond acceptors (Lipinski definition) is 4. The van der Waals surface area contributed by atoms with Gasteiger partial charge in [-0.1, -0.05) is 12.2 Å². The number of hydrogen-bond donors (Lipinski definition) is 1. The van der Waals surface area contributed by atoms with Gasteiger partial charge < -0.3 is 10.6 Å². The van der Waals surface area contributed by atoms with Crippen LogP contribution < -0.4 is 10.6 Å². The average Bonchev–Trinajstić information content (AvgIpc) is 3.09. The predicted octanol–water partition coefficient (Wildman–Crippen LogP) is 1.70. The third kappa shape index (κ3) is 2.65. The maximum atomic E-state index is 5.84. The second kappa shape index (κ2) is 5.66. The Labute approximate surface area is 126 Å². The summed E-state index contributed by atoms with van der Waals surface area (Å²) in [6.07, 6.45) is 3.90. The van der Waals surface area contributed by atoms with Crippen LogP contribution in [-0.4, -0.2) is 47.1 Å². The van der Waals surface area contributed by atoms with Crippen LogP contribution in [0, 0.1) is 6.92 Å². The van der Waals surface area contributed by atoms with Gasteiger partial charge in [0.15, 0.2) is 0 Å². The van der Waals surface area contributed by atoms with E-state index in [4.69, 9.17) is 18.0 Å². The van der Waals surface area contributed by atoms with Crippen LogP contribution in [0.1, 0.15) is 30.5 Å². The lowest BCUT2D eigenvalue weighted by atomic mass is 10.2. The number of likely N-dealkylation sites (tertiary alicyclic amines) is 1. The van der Waals surface area contributed by atoms with Crippen molar-refractivity contribution in [3.63, 3.8) is 0 Å². The molecule has 108 valence electrons. The summed E-state index contributed by atoms with van der Waals surface area (Å²) in [5.41, 5.74) is 7.77. The smallest absolute Gasteiger partial charge is 0.139 e. The maximum Gasteiger partial charge on any atom is 0.139 e. The molecule has 2 aliphatic rings. The fourth-order valence-electron chi connectivity index (χ4n) is 3.32. The third-order valence-electron chi connectivity index (χ3n) is 4.40. The fourth-order valence-corrected chi connectivity index (χ4v) is 3.47. The summed E-state index contributed by atoms with van der Waals surface area (Å²) >= 11 is 5.17. The van der Waals surface area contributed by atoms with Crippen LogP contribution in [0.3, 0.4) is 0 Å². The van der Waals surface area contributed by atoms with Crippen molar-refractivity contribution in [2.45, 2.75) is 32.2 Å². The fraction of sp³-hybridized carbons (Fsp3) is 0.600. The second-order valence-corrected chi connectivity index (χ2v) is 6.26. The summed E-state index contributed by atoms with van der Waals surface area (Å²) < 4.78 is 0. The Hall–Kier alpha value is -1.20. The molecule has 2 fully saturated rings. The lowest BCUT2D eigenvalue weighted by molar-refractivity contribution is 0.260. The molecule has 2 N–H and O–H groups in total. The van der Waals surface area contributed by atoms with Crippen molar-refractivity contribution in [1.82, 2.24) is 9.88 Å². The van der Waals surface area contributed by atoms with Crippen LogP contribution in [0.5, 0.6) is 0 Å². The Morgan fingerprint density at radius 1 is 1.30 bits per heavy atom. The number of nitrogens with two attached hydrogens (primary N) is 1. The molecular formula is C15H22N4S. The maximum absolute atomic E-state index is 5.84. The number of aromatic nitrogens is 1. The second-order valence-electron chi connectivity index (χ2n) is 5.82. The van der Waals surface area contributed by atoms with Crippen LogP contribution in [0.15, 0.2) is 12.1 Å². The molecule has 0 aromatic carbocycles. The first kappa shape index (κ1) is 13.8. The SMILES string of the molecule is Cc1ccc(C(N)=S)c(N2CCC(N3CCCC3)C2)n1. The molecule has 3 heterocycles. The largest absolute Gasteiger partial charge is 0.389 e. The molecule has 0 bridgehead atoms. The zero-order valence-corrected chi connectivity index (χ0v) is 12.8. The van der Waals surface area contributed by atoms with Crippen molar-refractivity contribution in [2.24, 2.45) is 5.73 Å². The minimum absolute atomic E-state index is 0.442. The highest BCUT2D eigenvalue weighted by molar-refractivity contribution is 7.80. The molecule has 0 radical (unpaired) electrons. The van der Waals surface area contributed by atoms with Crippen molar-refractivity contribution in [3.05, 3.63) is 23.4 Å². The molecule has 4 nitrogen and oxygen atoms in total. The summed E-state index contributed by atoms with van der Waals surface area (Å²) in [6, 6.07) is 4.65. The molecule has 0 aliphatic carbocycles. The summed E-state index contributed by atoms with van der Waals surface area (Å²) in [5, 5.41) is 0. The van der Waals surface area contributed by atoms with Gasteiger partial charge in [0.25, 0.3) is 0 Å². The van der Waals surface area contributed by atoms with Gasteiger partial charge in [-0.15, -0.1) is 0 Å². The molecule has 0 amide bonds. The van der Waals surface area contributed by atoms with E-state index in [9.17, 15) is 0 Å². The predicted molar refractivity (Wildman–Crippen MR) is 86.3 cm³/mol. The Balaban J connectivity index is 1.80. The molecule has 0 saturated carbocycles. The van der Waals surface area contributed by atoms with E-state index in [1.807, 2.05) is 19.1 Å². The summed E-state index contributed by atoms with van der Waals surface area (Å²) in [7, 11) is 0. The Bertz CT molecular complexity index is 511. The van der Waals surface area contributed by atoms with Crippen LogP contribution in [0.4, 0.5) is 5.82 Å². The van der Waals surface area contributed by atoms with Crippen molar-refractivity contribution in [3.8, 4) is 0 Å². The average molecular weight is 290 g/mol. The number of pyridine rings is 1. The minimum Gasteiger partial charge on any atom is -0.389 e. The standard InChI is InChI=1S/C15H22N4S/c1-11-4-5-13(14(16)20)15(17-11)19-9-6-12(10-19)18-7-2-3-8-18/h4-5,12H,2-3,6-10H2,1H3,(H2,16,20). The van der Waals surface area contributed by atoms with Crippen LogP contribution in [0.25, 0.3) is 0 Å². The van der Waals surface area contributed by atoms with E-state index >= 15 is 0 Å². The van der Waals surface area contributed by atoms with Crippen molar-refractivity contribution in [2.75, 3.05) is 31.1 Å². The van der Waals surface area contributed by atoms with Crippen molar-refractivity contribution < 1.29 is 0 Å². The van der Waals surface area contributed by atoms with E-state index in [2.05, 4.69) is 14.8 Å². The summed E-state index contributed by atoms with van der Waals surface area (Å²) in [5.74, 6) is 0.971. The summed E-state index contributed by atoms with van der Waals surface area (Å²) in [6.45, 7) is 6.62. The molecule has 2 saturated heterocycles. The Kier molecular flexibility index (Phi) is 3.89. The molecule has 1 aromatic heterocycles. The highest BCUT2D eigenvalue weighted by Gasteiger charge is 2.31. The van der Waals surface area contributed by atoms with Crippen LogP contribution >= 0.6 is 12.2 Å². The molecule has 3 rings (SSSR count). The molecule has 20 heavy (non-hydrogen) atoms. The molecule has 5 heteroatoms. The van der Waals surface area contributed by atoms with Gasteiger partial charge in [-0.3, -0.25) is 4.90 Å². The topological polar surface area (TPSA) is 45.4 Å². The van der Waals surface area contributed by atoms with Gasteiger partial charge in [-0.25, -0.2) is 4.98 Å². The first-order valence-corrected chi connectivity index (χ1v) is 7.82. The number of nitrogens with zero attached hydrogens (tertiary/aromatic N) is 3. The number of rotatable bonds is 3. The monoisotopic (exact) mass is 290 g/mol. The number of aryl methyl sites for hydroxylation is 1. The first-order valence-electron chi connectivity index (χ1n) is 7.41. The van der Waals surface area contributed by atoms with E-state index in [0.717, 1.165) is 30.2 Å². The molecule has 1 aromatic rings. The first-order chi connectivity index (χ1) is 9.65. The van der Waals surface area contributed by atoms with E-state index in [1.54, 1.807) is 0 Å². The molecule has 1 unspecified atom stereocenters. The van der Waals surface area contributed by atoms with Gasteiger partial charge >= 0.3 is 0 Å². The number of anilines is 1. The van der Waals surface area contributed by atoms with Gasteiger partial charge in [-0.2, -0.15) is 0 Å². The van der Waals surface area contributed by atoms with Gasteiger partial charge in [0.05, 0.1) is 5.56 Å². The van der Waals surface area contributed by atoms with E-state index in [1.165, 1.54) is 32.4 Å². The van der Waals surface area contributed by atoms with Crippen LogP contribution in [0.2, 0.25) is 0 Å². The van der Waals surface area contributed by atoms with Gasteiger partial charge in [0.1, 0.15) is 10.8 Å². The quantitative estimate of drug-likeness (QED) is 0.859. The van der Waals surface area contributed by atoms with E-state index < -0.39 is 0 Å². The minimum atomic E-state index is 0.442. The Morgan fingerprint density at radius 3 is 2.75 bits per heavy atom. The van der Waals surface area contributed by atoms with E-state index in [-0.39, 0.29) is 0 Å². The molecule has 1 atom stereocenters. The molecule has 2 aliphatic heterocycles. The lowest BCUT2D eigenvalue weighted by Gasteiger charge is -2.25. The van der Waals surface area contributed by atoms with Crippen LogP contribution in [-0.2, 0) is 0 Å². The normalized spacial score (nSPS) is 23.4. The summed E-state index contributed by atoms with van der Waals surface area (Å²) in [4.78, 5) is 10.1. The molecule has 0 spiro atoms. The van der Waals surface area contributed by atoms with Crippen molar-refractivity contribution >= 4 is 23.0 Å². The lowest BCUT2D eigenvalue weighted by Crippen LogP contribution is -2.36. The highest BCUT2D eigenvalue weighted by Crippen LogP contribution is 2.26. The number of thiocarbonyl (C=S) groups is 1. The zero-order valence-electron chi connectivity index (χ0n) is 12.0.